The van der Waals surface area contributed by atoms with Crippen LogP contribution < -0.4 is 19.7 Å². The lowest BCUT2D eigenvalue weighted by atomic mass is 10.1. The van der Waals surface area contributed by atoms with E-state index in [1.54, 1.807) is 54.5 Å². The predicted molar refractivity (Wildman–Crippen MR) is 148 cm³/mol. The van der Waals surface area contributed by atoms with Gasteiger partial charge >= 0.3 is 0 Å². The fourth-order valence-electron chi connectivity index (χ4n) is 4.25. The monoisotopic (exact) mass is 537 g/mol. The van der Waals surface area contributed by atoms with Crippen molar-refractivity contribution < 1.29 is 23.5 Å². The molecule has 198 valence electrons. The van der Waals surface area contributed by atoms with Gasteiger partial charge in [0, 0.05) is 37.3 Å². The minimum atomic E-state index is -0.528. The number of benzene rings is 3. The fraction of sp³-hybridized carbons (Fsp3) is 0.241. The highest BCUT2D eigenvalue weighted by Gasteiger charge is 2.25. The number of nitrogens with zero attached hydrogens (tertiary/aromatic N) is 2. The van der Waals surface area contributed by atoms with Crippen molar-refractivity contribution in [2.24, 2.45) is 0 Å². The van der Waals surface area contributed by atoms with Crippen LogP contribution in [-0.2, 0) is 4.79 Å². The van der Waals surface area contributed by atoms with E-state index >= 15 is 0 Å². The lowest BCUT2D eigenvalue weighted by molar-refractivity contribution is -0.111. The Hall–Kier alpha value is -4.04. The van der Waals surface area contributed by atoms with Gasteiger partial charge in [0.25, 0.3) is 5.91 Å². The van der Waals surface area contributed by atoms with Crippen LogP contribution in [0.1, 0.15) is 22.8 Å². The molecule has 0 radical (unpaired) electrons. The summed E-state index contributed by atoms with van der Waals surface area (Å²) in [7, 11) is 1.56. The Morgan fingerprint density at radius 2 is 1.79 bits per heavy atom. The largest absolute Gasteiger partial charge is 0.493 e. The topological polar surface area (TPSA) is 71.1 Å². The van der Waals surface area contributed by atoms with E-state index in [1.165, 1.54) is 18.2 Å². The second kappa shape index (κ2) is 12.5. The summed E-state index contributed by atoms with van der Waals surface area (Å²) in [6.45, 7) is 4.30. The van der Waals surface area contributed by atoms with E-state index in [2.05, 4.69) is 10.2 Å². The maximum absolute atomic E-state index is 14.1. The molecule has 1 aliphatic heterocycles. The third-order valence-corrected chi connectivity index (χ3v) is 6.38. The Labute approximate surface area is 226 Å². The molecule has 1 aliphatic rings. The second-order valence-corrected chi connectivity index (χ2v) is 9.02. The average Bonchev–Trinajstić information content (AvgIpc) is 2.93. The molecule has 7 nitrogen and oxygen atoms in total. The van der Waals surface area contributed by atoms with E-state index in [4.69, 9.17) is 21.1 Å². The number of rotatable bonds is 8. The third-order valence-electron chi connectivity index (χ3n) is 6.14. The van der Waals surface area contributed by atoms with Crippen LogP contribution in [0.25, 0.3) is 6.08 Å². The number of hydrogen-bond acceptors (Lipinski definition) is 5. The number of halogens is 2. The van der Waals surface area contributed by atoms with Gasteiger partial charge in [-0.25, -0.2) is 4.39 Å². The molecule has 9 heteroatoms. The molecular formula is C29H29ClFN3O4. The summed E-state index contributed by atoms with van der Waals surface area (Å²) in [5, 5.41) is 3.39. The predicted octanol–water partition coefficient (Wildman–Crippen LogP) is 5.50. The van der Waals surface area contributed by atoms with Gasteiger partial charge in [-0.3, -0.25) is 9.59 Å². The standard InChI is InChI=1S/C29H29ClFN3O4/c1-3-38-26-12-8-20(18-27(26)37-2)9-13-28(35)32-24-19-21(30)10-11-25(24)33-14-16-34(17-15-33)29(36)22-6-4-5-7-23(22)31/h4-13,18-19H,3,14-17H2,1-2H3,(H,32,35)/b13-9+. The number of methoxy groups -OCH3 is 1. The van der Waals surface area contributed by atoms with Crippen LogP contribution in [0.5, 0.6) is 11.5 Å². The molecule has 3 aromatic carbocycles. The first-order valence-corrected chi connectivity index (χ1v) is 12.7. The highest BCUT2D eigenvalue weighted by atomic mass is 35.5. The lowest BCUT2D eigenvalue weighted by Gasteiger charge is -2.37. The van der Waals surface area contributed by atoms with Gasteiger partial charge in [0.1, 0.15) is 5.82 Å². The first-order valence-electron chi connectivity index (χ1n) is 12.3. The number of anilines is 2. The molecule has 1 heterocycles. The van der Waals surface area contributed by atoms with Gasteiger partial charge in [-0.1, -0.05) is 29.8 Å². The van der Waals surface area contributed by atoms with E-state index in [0.717, 1.165) is 11.3 Å². The number of hydrogen-bond donors (Lipinski definition) is 1. The van der Waals surface area contributed by atoms with E-state index in [0.29, 0.717) is 55.0 Å². The maximum Gasteiger partial charge on any atom is 0.256 e. The average molecular weight is 538 g/mol. The van der Waals surface area contributed by atoms with Crippen molar-refractivity contribution in [2.45, 2.75) is 6.92 Å². The molecule has 0 spiro atoms. The Kier molecular flexibility index (Phi) is 8.86. The molecule has 0 aliphatic carbocycles. The van der Waals surface area contributed by atoms with E-state index in [-0.39, 0.29) is 17.4 Å². The highest BCUT2D eigenvalue weighted by Crippen LogP contribution is 2.31. The summed E-state index contributed by atoms with van der Waals surface area (Å²) in [5.74, 6) is 0.0348. The van der Waals surface area contributed by atoms with Gasteiger partial charge in [0.15, 0.2) is 11.5 Å². The number of nitrogens with one attached hydrogen (secondary N) is 1. The van der Waals surface area contributed by atoms with Crippen LogP contribution in [0.15, 0.2) is 66.7 Å². The number of ether oxygens (including phenoxy) is 2. The Morgan fingerprint density at radius 1 is 1.03 bits per heavy atom. The van der Waals surface area contributed by atoms with Crippen molar-refractivity contribution in [3.05, 3.63) is 88.7 Å². The van der Waals surface area contributed by atoms with Crippen molar-refractivity contribution >= 4 is 40.9 Å². The molecule has 0 atom stereocenters. The van der Waals surface area contributed by atoms with Crippen molar-refractivity contribution in [1.82, 2.24) is 4.90 Å². The van der Waals surface area contributed by atoms with E-state index in [9.17, 15) is 14.0 Å². The highest BCUT2D eigenvalue weighted by molar-refractivity contribution is 6.31. The molecule has 0 unspecified atom stereocenters. The normalized spacial score (nSPS) is 13.5. The Morgan fingerprint density at radius 3 is 2.50 bits per heavy atom. The van der Waals surface area contributed by atoms with Crippen LogP contribution in [0, 0.1) is 5.82 Å². The van der Waals surface area contributed by atoms with Crippen LogP contribution in [0.2, 0.25) is 5.02 Å². The van der Waals surface area contributed by atoms with Crippen molar-refractivity contribution in [3.8, 4) is 11.5 Å². The summed E-state index contributed by atoms with van der Waals surface area (Å²) in [6.07, 6.45) is 3.12. The molecule has 2 amide bonds. The van der Waals surface area contributed by atoms with Crippen molar-refractivity contribution in [1.29, 1.82) is 0 Å². The fourth-order valence-corrected chi connectivity index (χ4v) is 4.42. The van der Waals surface area contributed by atoms with Gasteiger partial charge in [-0.15, -0.1) is 0 Å². The molecule has 3 aromatic rings. The molecule has 1 saturated heterocycles. The van der Waals surface area contributed by atoms with Crippen LogP contribution in [0.4, 0.5) is 15.8 Å². The molecule has 38 heavy (non-hydrogen) atoms. The lowest BCUT2D eigenvalue weighted by Crippen LogP contribution is -2.49. The van der Waals surface area contributed by atoms with Gasteiger partial charge in [-0.2, -0.15) is 0 Å². The molecule has 1 N–H and O–H groups in total. The summed E-state index contributed by atoms with van der Waals surface area (Å²) >= 11 is 6.23. The third kappa shape index (κ3) is 6.44. The molecule has 1 fully saturated rings. The van der Waals surface area contributed by atoms with E-state index in [1.807, 2.05) is 19.1 Å². The number of carbonyl (C=O) groups excluding carboxylic acids is 2. The van der Waals surface area contributed by atoms with Gasteiger partial charge < -0.3 is 24.6 Å². The quantitative estimate of drug-likeness (QED) is 0.384. The number of piperazine rings is 1. The first kappa shape index (κ1) is 27.0. The number of carbonyl (C=O) groups is 2. The minimum absolute atomic E-state index is 0.0670. The summed E-state index contributed by atoms with van der Waals surface area (Å²) in [5.41, 5.74) is 2.20. The van der Waals surface area contributed by atoms with Crippen LogP contribution in [-0.4, -0.2) is 56.6 Å². The van der Waals surface area contributed by atoms with Gasteiger partial charge in [-0.05, 0) is 61.0 Å². The van der Waals surface area contributed by atoms with Crippen LogP contribution in [0.3, 0.4) is 0 Å². The van der Waals surface area contributed by atoms with Crippen molar-refractivity contribution in [2.75, 3.05) is 50.1 Å². The molecular weight excluding hydrogens is 509 g/mol. The summed E-state index contributed by atoms with van der Waals surface area (Å²) in [4.78, 5) is 29.3. The van der Waals surface area contributed by atoms with E-state index < -0.39 is 5.82 Å². The Balaban J connectivity index is 1.43. The van der Waals surface area contributed by atoms with Crippen molar-refractivity contribution in [3.63, 3.8) is 0 Å². The zero-order chi connectivity index (χ0) is 27.1. The molecule has 0 aromatic heterocycles. The molecule has 4 rings (SSSR count). The number of amides is 2. The smallest absolute Gasteiger partial charge is 0.256 e. The summed E-state index contributed by atoms with van der Waals surface area (Å²) < 4.78 is 25.0. The van der Waals surface area contributed by atoms with Gasteiger partial charge in [0.05, 0.1) is 30.7 Å². The minimum Gasteiger partial charge on any atom is -0.493 e. The molecule has 0 bridgehead atoms. The second-order valence-electron chi connectivity index (χ2n) is 8.59. The first-order chi connectivity index (χ1) is 18.4. The summed E-state index contributed by atoms with van der Waals surface area (Å²) in [6, 6.07) is 16.7. The zero-order valence-corrected chi connectivity index (χ0v) is 22.0. The maximum atomic E-state index is 14.1. The molecule has 0 saturated carbocycles. The van der Waals surface area contributed by atoms with Crippen LogP contribution >= 0.6 is 11.6 Å². The van der Waals surface area contributed by atoms with Gasteiger partial charge in [0.2, 0.25) is 5.91 Å². The zero-order valence-electron chi connectivity index (χ0n) is 21.2. The SMILES string of the molecule is CCOc1ccc(/C=C/C(=O)Nc2cc(Cl)ccc2N2CCN(C(=O)c3ccccc3F)CC2)cc1OC. The Bertz CT molecular complexity index is 1340.